The second kappa shape index (κ2) is 8.74. The summed E-state index contributed by atoms with van der Waals surface area (Å²) in [6.07, 6.45) is 10.9. The lowest BCUT2D eigenvalue weighted by Crippen LogP contribution is -1.93. The van der Waals surface area contributed by atoms with Gasteiger partial charge in [-0.1, -0.05) is 62.5 Å². The molecule has 0 radical (unpaired) electrons. The number of hydrogen-bond donors (Lipinski definition) is 0. The molecule has 18 heavy (non-hydrogen) atoms. The highest BCUT2D eigenvalue weighted by Gasteiger charge is 2.03. The van der Waals surface area contributed by atoms with Crippen LogP contribution in [0.25, 0.3) is 0 Å². The van der Waals surface area contributed by atoms with Crippen LogP contribution in [0.15, 0.2) is 59.8 Å². The highest BCUT2D eigenvalue weighted by molar-refractivity contribution is 5.43. The fraction of sp³-hybridized carbons (Fsp3) is 0.444. The van der Waals surface area contributed by atoms with Gasteiger partial charge in [-0.15, -0.1) is 0 Å². The second-order valence-corrected chi connectivity index (χ2v) is 5.12. The largest absolute Gasteiger partial charge is 0.0955 e. The van der Waals surface area contributed by atoms with E-state index in [-0.39, 0.29) is 0 Å². The summed E-state index contributed by atoms with van der Waals surface area (Å²) in [5.74, 6) is 0.422. The Hall–Kier alpha value is -1.30. The van der Waals surface area contributed by atoms with Gasteiger partial charge in [-0.05, 0) is 50.7 Å². The summed E-state index contributed by atoms with van der Waals surface area (Å²) in [4.78, 5) is 0. The van der Waals surface area contributed by atoms with Gasteiger partial charge in [0.25, 0.3) is 0 Å². The van der Waals surface area contributed by atoms with E-state index in [1.54, 1.807) is 0 Å². The standard InChI is InChI=1S/C18H28/c1-8-17(7)18(15(4)5)13-16(6)12-10-9-11-14(2)3/h10-13,16H,4,7-9H2,1-3,5-6H3. The van der Waals surface area contributed by atoms with Gasteiger partial charge in [0.05, 0.1) is 0 Å². The summed E-state index contributed by atoms with van der Waals surface area (Å²) < 4.78 is 0. The van der Waals surface area contributed by atoms with Crippen molar-refractivity contribution in [1.82, 2.24) is 0 Å². The van der Waals surface area contributed by atoms with Crippen molar-refractivity contribution in [3.8, 4) is 0 Å². The second-order valence-electron chi connectivity index (χ2n) is 5.12. The molecule has 0 amide bonds. The van der Waals surface area contributed by atoms with E-state index in [0.717, 1.165) is 18.4 Å². The predicted octanol–water partition coefficient (Wildman–Crippen LogP) is 6.00. The summed E-state index contributed by atoms with van der Waals surface area (Å²) in [5, 5.41) is 0. The lowest BCUT2D eigenvalue weighted by atomic mass is 9.95. The zero-order chi connectivity index (χ0) is 14.1. The third-order valence-electron chi connectivity index (χ3n) is 2.80. The summed E-state index contributed by atoms with van der Waals surface area (Å²) in [7, 11) is 0. The van der Waals surface area contributed by atoms with Gasteiger partial charge in [-0.2, -0.15) is 0 Å². The molecule has 0 heterocycles. The van der Waals surface area contributed by atoms with E-state index in [9.17, 15) is 0 Å². The normalized spacial score (nSPS) is 13.5. The SMILES string of the molecule is C=C(C)C(=CC(C)C=CCC=C(C)C)C(=C)CC. The van der Waals surface area contributed by atoms with Crippen molar-refractivity contribution in [2.24, 2.45) is 5.92 Å². The van der Waals surface area contributed by atoms with Gasteiger partial charge >= 0.3 is 0 Å². The lowest BCUT2D eigenvalue weighted by Gasteiger charge is -2.11. The molecular weight excluding hydrogens is 216 g/mol. The van der Waals surface area contributed by atoms with Crippen LogP contribution in [0.2, 0.25) is 0 Å². The summed E-state index contributed by atoms with van der Waals surface area (Å²) in [6, 6.07) is 0. The minimum atomic E-state index is 0.422. The average molecular weight is 244 g/mol. The Morgan fingerprint density at radius 1 is 1.17 bits per heavy atom. The molecule has 0 saturated carbocycles. The van der Waals surface area contributed by atoms with Crippen molar-refractivity contribution < 1.29 is 0 Å². The smallest absolute Gasteiger partial charge is 0.00726 e. The van der Waals surface area contributed by atoms with Crippen LogP contribution in [0.1, 0.15) is 47.5 Å². The topological polar surface area (TPSA) is 0 Å². The van der Waals surface area contributed by atoms with Crippen LogP contribution in [0.3, 0.4) is 0 Å². The summed E-state index contributed by atoms with van der Waals surface area (Å²) in [6.45, 7) is 18.8. The predicted molar refractivity (Wildman–Crippen MR) is 84.7 cm³/mol. The van der Waals surface area contributed by atoms with Crippen LogP contribution in [-0.4, -0.2) is 0 Å². The highest BCUT2D eigenvalue weighted by atomic mass is 14.1. The maximum Gasteiger partial charge on any atom is -0.00726 e. The molecule has 0 aliphatic carbocycles. The Kier molecular flexibility index (Phi) is 8.11. The van der Waals surface area contributed by atoms with E-state index in [1.807, 2.05) is 6.92 Å². The van der Waals surface area contributed by atoms with Crippen LogP contribution in [0.5, 0.6) is 0 Å². The maximum atomic E-state index is 4.10. The Bertz CT molecular complexity index is 371. The van der Waals surface area contributed by atoms with E-state index in [4.69, 9.17) is 0 Å². The zero-order valence-electron chi connectivity index (χ0n) is 12.7. The van der Waals surface area contributed by atoms with Crippen molar-refractivity contribution in [3.63, 3.8) is 0 Å². The van der Waals surface area contributed by atoms with Crippen molar-refractivity contribution >= 4 is 0 Å². The number of hydrogen-bond acceptors (Lipinski definition) is 0. The molecule has 0 nitrogen and oxygen atoms in total. The van der Waals surface area contributed by atoms with Gasteiger partial charge in [-0.3, -0.25) is 0 Å². The molecule has 0 saturated heterocycles. The van der Waals surface area contributed by atoms with Gasteiger partial charge in [-0.25, -0.2) is 0 Å². The molecule has 0 aromatic heterocycles. The Balaban J connectivity index is 4.66. The fourth-order valence-electron chi connectivity index (χ4n) is 1.67. The quantitative estimate of drug-likeness (QED) is 0.380. The molecule has 1 atom stereocenters. The van der Waals surface area contributed by atoms with Crippen molar-refractivity contribution in [2.75, 3.05) is 0 Å². The average Bonchev–Trinajstić information content (AvgIpc) is 2.30. The third kappa shape index (κ3) is 7.11. The summed E-state index contributed by atoms with van der Waals surface area (Å²) in [5.41, 5.74) is 4.86. The number of rotatable bonds is 7. The van der Waals surface area contributed by atoms with Crippen molar-refractivity contribution in [3.05, 3.63) is 59.8 Å². The Morgan fingerprint density at radius 3 is 2.22 bits per heavy atom. The first-order chi connectivity index (χ1) is 8.38. The van der Waals surface area contributed by atoms with E-state index in [0.29, 0.717) is 5.92 Å². The molecule has 100 valence electrons. The Morgan fingerprint density at radius 2 is 1.78 bits per heavy atom. The van der Waals surface area contributed by atoms with Gasteiger partial charge in [0.1, 0.15) is 0 Å². The van der Waals surface area contributed by atoms with Crippen molar-refractivity contribution in [2.45, 2.75) is 47.5 Å². The molecule has 0 aromatic rings. The van der Waals surface area contributed by atoms with Crippen LogP contribution < -0.4 is 0 Å². The van der Waals surface area contributed by atoms with E-state index in [2.05, 4.69) is 65.2 Å². The minimum absolute atomic E-state index is 0.422. The van der Waals surface area contributed by atoms with Gasteiger partial charge in [0.15, 0.2) is 0 Å². The molecule has 0 aromatic carbocycles. The Labute approximate surface area is 113 Å². The van der Waals surface area contributed by atoms with Crippen LogP contribution >= 0.6 is 0 Å². The summed E-state index contributed by atoms with van der Waals surface area (Å²) >= 11 is 0. The third-order valence-corrected chi connectivity index (χ3v) is 2.80. The highest BCUT2D eigenvalue weighted by Crippen LogP contribution is 2.21. The van der Waals surface area contributed by atoms with Gasteiger partial charge < -0.3 is 0 Å². The first kappa shape index (κ1) is 16.7. The van der Waals surface area contributed by atoms with Gasteiger partial charge in [0, 0.05) is 0 Å². The molecule has 0 N–H and O–H groups in total. The lowest BCUT2D eigenvalue weighted by molar-refractivity contribution is 0.917. The molecule has 0 aliphatic heterocycles. The molecule has 0 heteroatoms. The zero-order valence-corrected chi connectivity index (χ0v) is 12.7. The monoisotopic (exact) mass is 244 g/mol. The molecule has 0 bridgehead atoms. The molecular formula is C18H28. The molecule has 1 unspecified atom stereocenters. The number of allylic oxidation sites excluding steroid dienone is 8. The van der Waals surface area contributed by atoms with E-state index < -0.39 is 0 Å². The first-order valence-electron chi connectivity index (χ1n) is 6.74. The molecule has 0 rings (SSSR count). The van der Waals surface area contributed by atoms with Crippen LogP contribution in [0, 0.1) is 5.92 Å². The van der Waals surface area contributed by atoms with E-state index >= 15 is 0 Å². The first-order valence-corrected chi connectivity index (χ1v) is 6.74. The van der Waals surface area contributed by atoms with Crippen molar-refractivity contribution in [1.29, 1.82) is 0 Å². The fourth-order valence-corrected chi connectivity index (χ4v) is 1.67. The van der Waals surface area contributed by atoms with Crippen LogP contribution in [-0.2, 0) is 0 Å². The molecule has 0 aliphatic rings. The van der Waals surface area contributed by atoms with Gasteiger partial charge in [0.2, 0.25) is 0 Å². The van der Waals surface area contributed by atoms with E-state index in [1.165, 1.54) is 16.7 Å². The molecule has 0 fully saturated rings. The minimum Gasteiger partial charge on any atom is -0.0955 e. The molecule has 0 spiro atoms. The maximum absolute atomic E-state index is 4.10. The van der Waals surface area contributed by atoms with Crippen LogP contribution in [0.4, 0.5) is 0 Å².